The SMILES string of the molecule is COc1cccc(C(=O)NCC(=O)OCC(=O)c2ccc([N+](=O)[O-])cc2)c1. The molecule has 0 aliphatic rings. The molecule has 0 saturated heterocycles. The highest BCUT2D eigenvalue weighted by atomic mass is 16.6. The number of nitro benzene ring substituents is 1. The lowest BCUT2D eigenvalue weighted by molar-refractivity contribution is -0.384. The van der Waals surface area contributed by atoms with Crippen LogP contribution in [0.3, 0.4) is 0 Å². The third-order valence-electron chi connectivity index (χ3n) is 3.49. The molecular formula is C18H16N2O7. The Morgan fingerprint density at radius 1 is 1.07 bits per heavy atom. The molecule has 0 spiro atoms. The van der Waals surface area contributed by atoms with Gasteiger partial charge in [-0.15, -0.1) is 0 Å². The fourth-order valence-electron chi connectivity index (χ4n) is 2.07. The van der Waals surface area contributed by atoms with Crippen molar-refractivity contribution in [2.45, 2.75) is 0 Å². The number of nitrogens with zero attached hydrogens (tertiary/aromatic N) is 1. The predicted molar refractivity (Wildman–Crippen MR) is 93.7 cm³/mol. The van der Waals surface area contributed by atoms with Crippen LogP contribution in [-0.4, -0.2) is 42.8 Å². The number of nitro groups is 1. The maximum Gasteiger partial charge on any atom is 0.325 e. The number of hydrogen-bond acceptors (Lipinski definition) is 7. The number of carbonyl (C=O) groups excluding carboxylic acids is 3. The summed E-state index contributed by atoms with van der Waals surface area (Å²) in [5.74, 6) is -1.30. The number of rotatable bonds is 8. The zero-order chi connectivity index (χ0) is 19.8. The Balaban J connectivity index is 1.80. The fraction of sp³-hybridized carbons (Fsp3) is 0.167. The minimum Gasteiger partial charge on any atom is -0.497 e. The molecule has 0 saturated carbocycles. The molecule has 0 aromatic heterocycles. The lowest BCUT2D eigenvalue weighted by Gasteiger charge is -2.07. The molecule has 0 aliphatic carbocycles. The minimum absolute atomic E-state index is 0.149. The molecule has 0 radical (unpaired) electrons. The van der Waals surface area contributed by atoms with Gasteiger partial charge in [0.25, 0.3) is 11.6 Å². The van der Waals surface area contributed by atoms with Gasteiger partial charge in [-0.2, -0.15) is 0 Å². The second-order valence-electron chi connectivity index (χ2n) is 5.30. The molecule has 1 N–H and O–H groups in total. The summed E-state index contributed by atoms with van der Waals surface area (Å²) in [5.41, 5.74) is 0.335. The molecule has 9 nitrogen and oxygen atoms in total. The molecule has 2 rings (SSSR count). The highest BCUT2D eigenvalue weighted by Gasteiger charge is 2.13. The fourth-order valence-corrected chi connectivity index (χ4v) is 2.07. The molecule has 1 amide bonds. The van der Waals surface area contributed by atoms with Crippen molar-refractivity contribution in [1.82, 2.24) is 5.32 Å². The van der Waals surface area contributed by atoms with Crippen LogP contribution in [0.2, 0.25) is 0 Å². The second-order valence-corrected chi connectivity index (χ2v) is 5.30. The Hall–Kier alpha value is -3.75. The summed E-state index contributed by atoms with van der Waals surface area (Å²) in [6, 6.07) is 11.3. The Bertz CT molecular complexity index is 862. The van der Waals surface area contributed by atoms with Gasteiger partial charge < -0.3 is 14.8 Å². The number of hydrogen-bond donors (Lipinski definition) is 1. The first-order valence-electron chi connectivity index (χ1n) is 7.76. The number of nitrogens with one attached hydrogen (secondary N) is 1. The Labute approximate surface area is 154 Å². The molecule has 0 bridgehead atoms. The number of Topliss-reactive ketones (excluding diaryl/α,β-unsaturated/α-hetero) is 1. The molecule has 2 aromatic carbocycles. The van der Waals surface area contributed by atoms with Gasteiger partial charge in [-0.3, -0.25) is 24.5 Å². The van der Waals surface area contributed by atoms with Crippen LogP contribution in [0.25, 0.3) is 0 Å². The van der Waals surface area contributed by atoms with Gasteiger partial charge in [-0.05, 0) is 30.3 Å². The van der Waals surface area contributed by atoms with Gasteiger partial charge in [0.15, 0.2) is 12.4 Å². The Morgan fingerprint density at radius 3 is 2.41 bits per heavy atom. The summed E-state index contributed by atoms with van der Waals surface area (Å²) in [7, 11) is 1.47. The van der Waals surface area contributed by atoms with E-state index in [4.69, 9.17) is 9.47 Å². The van der Waals surface area contributed by atoms with Gasteiger partial charge in [-0.25, -0.2) is 0 Å². The first-order valence-corrected chi connectivity index (χ1v) is 7.76. The number of amides is 1. The third-order valence-corrected chi connectivity index (χ3v) is 3.49. The van der Waals surface area contributed by atoms with Gasteiger partial charge in [0, 0.05) is 23.3 Å². The van der Waals surface area contributed by atoms with Gasteiger partial charge in [0.05, 0.1) is 12.0 Å². The van der Waals surface area contributed by atoms with Crippen molar-refractivity contribution in [2.24, 2.45) is 0 Å². The van der Waals surface area contributed by atoms with E-state index in [-0.39, 0.29) is 11.3 Å². The van der Waals surface area contributed by atoms with Crippen LogP contribution in [0.1, 0.15) is 20.7 Å². The number of ketones is 1. The number of methoxy groups -OCH3 is 1. The topological polar surface area (TPSA) is 125 Å². The van der Waals surface area contributed by atoms with Crippen molar-refractivity contribution in [3.05, 3.63) is 69.8 Å². The average molecular weight is 372 g/mol. The first kappa shape index (κ1) is 19.6. The van der Waals surface area contributed by atoms with E-state index in [0.29, 0.717) is 11.3 Å². The van der Waals surface area contributed by atoms with E-state index >= 15 is 0 Å². The van der Waals surface area contributed by atoms with E-state index < -0.39 is 35.7 Å². The molecule has 0 heterocycles. The number of ether oxygens (including phenoxy) is 2. The number of esters is 1. The number of benzene rings is 2. The monoisotopic (exact) mass is 372 g/mol. The molecule has 0 fully saturated rings. The highest BCUT2D eigenvalue weighted by Crippen LogP contribution is 2.13. The van der Waals surface area contributed by atoms with E-state index in [1.54, 1.807) is 18.2 Å². The van der Waals surface area contributed by atoms with Gasteiger partial charge >= 0.3 is 5.97 Å². The van der Waals surface area contributed by atoms with Crippen molar-refractivity contribution >= 4 is 23.3 Å². The van der Waals surface area contributed by atoms with Crippen molar-refractivity contribution < 1.29 is 28.8 Å². The van der Waals surface area contributed by atoms with E-state index in [9.17, 15) is 24.5 Å². The summed E-state index contributed by atoms with van der Waals surface area (Å²) < 4.78 is 9.82. The summed E-state index contributed by atoms with van der Waals surface area (Å²) in [6.07, 6.45) is 0. The average Bonchev–Trinajstić information content (AvgIpc) is 2.70. The summed E-state index contributed by atoms with van der Waals surface area (Å²) in [6.45, 7) is -0.949. The van der Waals surface area contributed by atoms with E-state index in [2.05, 4.69) is 5.32 Å². The van der Waals surface area contributed by atoms with Crippen LogP contribution in [0.5, 0.6) is 5.75 Å². The quantitative estimate of drug-likeness (QED) is 0.324. The van der Waals surface area contributed by atoms with Crippen LogP contribution in [0, 0.1) is 10.1 Å². The van der Waals surface area contributed by atoms with Gasteiger partial charge in [-0.1, -0.05) is 6.07 Å². The maximum atomic E-state index is 12.0. The molecule has 2 aromatic rings. The standard InChI is InChI=1S/C18H16N2O7/c1-26-15-4-2-3-13(9-15)18(23)19-10-17(22)27-11-16(21)12-5-7-14(8-6-12)20(24)25/h2-9H,10-11H2,1H3,(H,19,23). The second kappa shape index (κ2) is 9.09. The molecular weight excluding hydrogens is 356 g/mol. The largest absolute Gasteiger partial charge is 0.497 e. The van der Waals surface area contributed by atoms with E-state index in [1.165, 1.54) is 37.4 Å². The normalized spacial score (nSPS) is 9.96. The van der Waals surface area contributed by atoms with Crippen LogP contribution < -0.4 is 10.1 Å². The number of carbonyl (C=O) groups is 3. The van der Waals surface area contributed by atoms with E-state index in [0.717, 1.165) is 0 Å². The number of non-ortho nitro benzene ring substituents is 1. The van der Waals surface area contributed by atoms with Crippen LogP contribution >= 0.6 is 0 Å². The lowest BCUT2D eigenvalue weighted by Crippen LogP contribution is -2.31. The molecule has 0 aliphatic heterocycles. The minimum atomic E-state index is -0.790. The van der Waals surface area contributed by atoms with Crippen molar-refractivity contribution in [1.29, 1.82) is 0 Å². The van der Waals surface area contributed by atoms with Gasteiger partial charge in [0.2, 0.25) is 0 Å². The first-order chi connectivity index (χ1) is 12.9. The molecule has 140 valence electrons. The lowest BCUT2D eigenvalue weighted by atomic mass is 10.1. The van der Waals surface area contributed by atoms with Crippen molar-refractivity contribution in [3.8, 4) is 5.75 Å². The zero-order valence-corrected chi connectivity index (χ0v) is 14.3. The third kappa shape index (κ3) is 5.63. The highest BCUT2D eigenvalue weighted by molar-refractivity contribution is 5.99. The van der Waals surface area contributed by atoms with Gasteiger partial charge in [0.1, 0.15) is 12.3 Å². The molecule has 9 heteroatoms. The maximum absolute atomic E-state index is 12.0. The molecule has 27 heavy (non-hydrogen) atoms. The van der Waals surface area contributed by atoms with Crippen LogP contribution in [-0.2, 0) is 9.53 Å². The predicted octanol–water partition coefficient (Wildman–Crippen LogP) is 1.76. The smallest absolute Gasteiger partial charge is 0.325 e. The van der Waals surface area contributed by atoms with Crippen LogP contribution in [0.4, 0.5) is 5.69 Å². The molecule has 0 atom stereocenters. The summed E-state index contributed by atoms with van der Waals surface area (Å²) >= 11 is 0. The summed E-state index contributed by atoms with van der Waals surface area (Å²) in [5, 5.41) is 13.0. The molecule has 0 unspecified atom stereocenters. The Kier molecular flexibility index (Phi) is 6.59. The van der Waals surface area contributed by atoms with Crippen molar-refractivity contribution in [2.75, 3.05) is 20.3 Å². The Morgan fingerprint density at radius 2 is 1.78 bits per heavy atom. The van der Waals surface area contributed by atoms with Crippen LogP contribution in [0.15, 0.2) is 48.5 Å². The van der Waals surface area contributed by atoms with Crippen molar-refractivity contribution in [3.63, 3.8) is 0 Å². The van der Waals surface area contributed by atoms with E-state index in [1.807, 2.05) is 0 Å². The zero-order valence-electron chi connectivity index (χ0n) is 14.3. The summed E-state index contributed by atoms with van der Waals surface area (Å²) in [4.78, 5) is 45.5.